The van der Waals surface area contributed by atoms with E-state index < -0.39 is 0 Å². The zero-order valence-corrected chi connectivity index (χ0v) is 11.6. The molecular formula is C15H15ClN2O. The van der Waals surface area contributed by atoms with E-state index in [1.165, 1.54) is 0 Å². The van der Waals surface area contributed by atoms with Crippen LogP contribution in [0.2, 0.25) is 5.02 Å². The van der Waals surface area contributed by atoms with Gasteiger partial charge in [-0.15, -0.1) is 0 Å². The lowest BCUT2D eigenvalue weighted by Crippen LogP contribution is -2.12. The molecule has 19 heavy (non-hydrogen) atoms. The molecule has 3 nitrogen and oxygen atoms in total. The molecule has 0 amide bonds. The lowest BCUT2D eigenvalue weighted by atomic mass is 10.0. The van der Waals surface area contributed by atoms with Crippen LogP contribution in [-0.2, 0) is 0 Å². The molecule has 0 fully saturated rings. The maximum absolute atomic E-state index is 12.3. The van der Waals surface area contributed by atoms with Gasteiger partial charge >= 0.3 is 0 Å². The van der Waals surface area contributed by atoms with Gasteiger partial charge in [-0.05, 0) is 42.5 Å². The van der Waals surface area contributed by atoms with Crippen LogP contribution >= 0.6 is 11.6 Å². The molecule has 0 saturated heterocycles. The standard InChI is InChI=1S/C15H15ClN2O/c1-18(2)14-8-5-11(9-13(14)17)15(19)10-3-6-12(16)7-4-10/h3-9H,17H2,1-2H3. The molecule has 0 aliphatic carbocycles. The number of anilines is 2. The molecule has 0 bridgehead atoms. The minimum Gasteiger partial charge on any atom is -0.397 e. The summed E-state index contributed by atoms with van der Waals surface area (Å²) in [7, 11) is 3.82. The van der Waals surface area contributed by atoms with Gasteiger partial charge in [-0.1, -0.05) is 11.6 Å². The zero-order valence-electron chi connectivity index (χ0n) is 10.9. The summed E-state index contributed by atoms with van der Waals surface area (Å²) in [6.07, 6.45) is 0. The number of halogens is 1. The third kappa shape index (κ3) is 2.88. The van der Waals surface area contributed by atoms with Crippen molar-refractivity contribution in [3.05, 3.63) is 58.6 Å². The number of nitrogens with zero attached hydrogens (tertiary/aromatic N) is 1. The minimum absolute atomic E-state index is 0.0614. The third-order valence-corrected chi connectivity index (χ3v) is 3.13. The second-order valence-electron chi connectivity index (χ2n) is 4.50. The quantitative estimate of drug-likeness (QED) is 0.690. The van der Waals surface area contributed by atoms with Gasteiger partial charge in [0.15, 0.2) is 5.78 Å². The number of carbonyl (C=O) groups excluding carboxylic acids is 1. The van der Waals surface area contributed by atoms with Crippen molar-refractivity contribution in [2.45, 2.75) is 0 Å². The van der Waals surface area contributed by atoms with Crippen LogP contribution in [0, 0.1) is 0 Å². The summed E-state index contributed by atoms with van der Waals surface area (Å²) in [5, 5.41) is 0.610. The molecule has 4 heteroatoms. The molecule has 2 rings (SSSR count). The Balaban J connectivity index is 2.34. The molecule has 2 aromatic rings. The van der Waals surface area contributed by atoms with E-state index >= 15 is 0 Å². The van der Waals surface area contributed by atoms with Crippen molar-refractivity contribution in [3.63, 3.8) is 0 Å². The fraction of sp³-hybridized carbons (Fsp3) is 0.133. The Morgan fingerprint density at radius 2 is 1.63 bits per heavy atom. The Morgan fingerprint density at radius 1 is 1.05 bits per heavy atom. The summed E-state index contributed by atoms with van der Waals surface area (Å²) < 4.78 is 0. The molecule has 0 atom stereocenters. The van der Waals surface area contributed by atoms with Gasteiger partial charge in [-0.2, -0.15) is 0 Å². The van der Waals surface area contributed by atoms with Crippen molar-refractivity contribution in [1.82, 2.24) is 0 Å². The predicted octanol–water partition coefficient (Wildman–Crippen LogP) is 3.22. The van der Waals surface area contributed by atoms with Crippen LogP contribution in [0.4, 0.5) is 11.4 Å². The summed E-state index contributed by atoms with van der Waals surface area (Å²) in [4.78, 5) is 14.2. The van der Waals surface area contributed by atoms with E-state index in [0.29, 0.717) is 21.8 Å². The van der Waals surface area contributed by atoms with Gasteiger partial charge in [-0.3, -0.25) is 4.79 Å². The van der Waals surface area contributed by atoms with E-state index in [0.717, 1.165) is 5.69 Å². The lowest BCUT2D eigenvalue weighted by molar-refractivity contribution is 0.103. The molecule has 98 valence electrons. The normalized spacial score (nSPS) is 10.3. The molecule has 0 aromatic heterocycles. The number of carbonyl (C=O) groups is 1. The number of nitrogens with two attached hydrogens (primary N) is 1. The molecule has 2 N–H and O–H groups in total. The summed E-state index contributed by atoms with van der Waals surface area (Å²) >= 11 is 5.81. The first kappa shape index (κ1) is 13.4. The first-order valence-corrected chi connectivity index (χ1v) is 6.24. The summed E-state index contributed by atoms with van der Waals surface area (Å²) in [5.41, 5.74) is 8.60. The van der Waals surface area contributed by atoms with E-state index in [2.05, 4.69) is 0 Å². The predicted molar refractivity (Wildman–Crippen MR) is 80.1 cm³/mol. The van der Waals surface area contributed by atoms with E-state index in [-0.39, 0.29) is 5.78 Å². The van der Waals surface area contributed by atoms with Gasteiger partial charge in [-0.25, -0.2) is 0 Å². The Morgan fingerprint density at radius 3 is 2.16 bits per heavy atom. The Labute approximate surface area is 117 Å². The highest BCUT2D eigenvalue weighted by atomic mass is 35.5. The Hall–Kier alpha value is -2.00. The lowest BCUT2D eigenvalue weighted by Gasteiger charge is -2.15. The Kier molecular flexibility index (Phi) is 3.76. The van der Waals surface area contributed by atoms with Crippen molar-refractivity contribution in [2.24, 2.45) is 0 Å². The van der Waals surface area contributed by atoms with Crippen molar-refractivity contribution in [3.8, 4) is 0 Å². The monoisotopic (exact) mass is 274 g/mol. The van der Waals surface area contributed by atoms with Gasteiger partial charge in [0.1, 0.15) is 0 Å². The first-order valence-electron chi connectivity index (χ1n) is 5.86. The van der Waals surface area contributed by atoms with Crippen molar-refractivity contribution in [1.29, 1.82) is 0 Å². The average molecular weight is 275 g/mol. The number of ketones is 1. The number of rotatable bonds is 3. The average Bonchev–Trinajstić information content (AvgIpc) is 2.38. The van der Waals surface area contributed by atoms with Gasteiger partial charge in [0.25, 0.3) is 0 Å². The van der Waals surface area contributed by atoms with Gasteiger partial charge in [0.05, 0.1) is 11.4 Å². The molecule has 0 saturated carbocycles. The second kappa shape index (κ2) is 5.33. The van der Waals surface area contributed by atoms with Gasteiger partial charge in [0, 0.05) is 30.2 Å². The van der Waals surface area contributed by atoms with E-state index in [4.69, 9.17) is 17.3 Å². The molecule has 0 aliphatic heterocycles. The molecule has 0 aliphatic rings. The van der Waals surface area contributed by atoms with E-state index in [1.807, 2.05) is 25.1 Å². The second-order valence-corrected chi connectivity index (χ2v) is 4.94. The molecule has 0 heterocycles. The topological polar surface area (TPSA) is 46.3 Å². The highest BCUT2D eigenvalue weighted by Crippen LogP contribution is 2.24. The number of nitrogen functional groups attached to an aromatic ring is 1. The fourth-order valence-corrected chi connectivity index (χ4v) is 2.00. The van der Waals surface area contributed by atoms with Gasteiger partial charge in [0.2, 0.25) is 0 Å². The number of hydrogen-bond acceptors (Lipinski definition) is 3. The van der Waals surface area contributed by atoms with Crippen LogP contribution in [-0.4, -0.2) is 19.9 Å². The maximum atomic E-state index is 12.3. The number of benzene rings is 2. The van der Waals surface area contributed by atoms with Crippen LogP contribution in [0.5, 0.6) is 0 Å². The zero-order chi connectivity index (χ0) is 14.0. The molecular weight excluding hydrogens is 260 g/mol. The maximum Gasteiger partial charge on any atom is 0.193 e. The highest BCUT2D eigenvalue weighted by molar-refractivity contribution is 6.30. The summed E-state index contributed by atoms with van der Waals surface area (Å²) in [6.45, 7) is 0. The smallest absolute Gasteiger partial charge is 0.193 e. The van der Waals surface area contributed by atoms with Crippen LogP contribution in [0.15, 0.2) is 42.5 Å². The fourth-order valence-electron chi connectivity index (χ4n) is 1.87. The van der Waals surface area contributed by atoms with Gasteiger partial charge < -0.3 is 10.6 Å². The highest BCUT2D eigenvalue weighted by Gasteiger charge is 2.11. The largest absolute Gasteiger partial charge is 0.397 e. The molecule has 0 unspecified atom stereocenters. The van der Waals surface area contributed by atoms with Crippen LogP contribution in [0.3, 0.4) is 0 Å². The van der Waals surface area contributed by atoms with E-state index in [1.54, 1.807) is 36.4 Å². The van der Waals surface area contributed by atoms with Crippen molar-refractivity contribution < 1.29 is 4.79 Å². The van der Waals surface area contributed by atoms with E-state index in [9.17, 15) is 4.79 Å². The van der Waals surface area contributed by atoms with Crippen LogP contribution < -0.4 is 10.6 Å². The number of hydrogen-bond donors (Lipinski definition) is 1. The summed E-state index contributed by atoms with van der Waals surface area (Å²) in [5.74, 6) is -0.0614. The minimum atomic E-state index is -0.0614. The molecule has 2 aromatic carbocycles. The summed E-state index contributed by atoms with van der Waals surface area (Å²) in [6, 6.07) is 12.1. The molecule has 0 radical (unpaired) electrons. The van der Waals surface area contributed by atoms with Crippen molar-refractivity contribution in [2.75, 3.05) is 24.7 Å². The molecule has 0 spiro atoms. The van der Waals surface area contributed by atoms with Crippen LogP contribution in [0.1, 0.15) is 15.9 Å². The SMILES string of the molecule is CN(C)c1ccc(C(=O)c2ccc(Cl)cc2)cc1N. The first-order chi connectivity index (χ1) is 8.99. The van der Waals surface area contributed by atoms with Crippen LogP contribution in [0.25, 0.3) is 0 Å². The Bertz CT molecular complexity index is 606. The van der Waals surface area contributed by atoms with Crippen molar-refractivity contribution >= 4 is 28.8 Å². The third-order valence-electron chi connectivity index (χ3n) is 2.88.